The normalized spacial score (nSPS) is 27.8. The number of hydrogen-bond donors (Lipinski definition) is 2. The summed E-state index contributed by atoms with van der Waals surface area (Å²) in [5.74, 6) is 0.501. The average molecular weight is 176 g/mol. The minimum atomic E-state index is 0.280. The molecule has 0 spiro atoms. The topological polar surface area (TPSA) is 38.0 Å². The highest BCUT2D eigenvalue weighted by molar-refractivity contribution is 5.27. The second-order valence-electron chi connectivity index (χ2n) is 3.84. The Hall–Kier alpha value is -0.860. The molecular formula is C11H16N2. The molecule has 70 valence electrons. The van der Waals surface area contributed by atoms with Gasteiger partial charge in [0, 0.05) is 25.0 Å². The van der Waals surface area contributed by atoms with Crippen LogP contribution in [0.15, 0.2) is 24.3 Å². The zero-order valence-corrected chi connectivity index (χ0v) is 7.96. The molecule has 2 atom stereocenters. The second kappa shape index (κ2) is 3.48. The van der Waals surface area contributed by atoms with Crippen LogP contribution in [0.25, 0.3) is 0 Å². The van der Waals surface area contributed by atoms with Gasteiger partial charge in [-0.3, -0.25) is 0 Å². The van der Waals surface area contributed by atoms with Crippen molar-refractivity contribution in [2.24, 2.45) is 5.73 Å². The van der Waals surface area contributed by atoms with E-state index in [-0.39, 0.29) is 6.04 Å². The predicted octanol–water partition coefficient (Wildman–Crippen LogP) is 1.01. The summed E-state index contributed by atoms with van der Waals surface area (Å²) in [4.78, 5) is 0. The third-order valence-electron chi connectivity index (χ3n) is 2.77. The Morgan fingerprint density at radius 3 is 2.46 bits per heavy atom. The van der Waals surface area contributed by atoms with Crippen LogP contribution in [0.2, 0.25) is 0 Å². The molecule has 3 N–H and O–H groups in total. The fraction of sp³-hybridized carbons (Fsp3) is 0.455. The molecule has 2 rings (SSSR count). The molecule has 13 heavy (non-hydrogen) atoms. The quantitative estimate of drug-likeness (QED) is 0.670. The summed E-state index contributed by atoms with van der Waals surface area (Å²) in [5, 5.41) is 3.31. The van der Waals surface area contributed by atoms with Gasteiger partial charge in [0.2, 0.25) is 0 Å². The minimum absolute atomic E-state index is 0.280. The molecule has 0 amide bonds. The van der Waals surface area contributed by atoms with Gasteiger partial charge in [-0.2, -0.15) is 0 Å². The van der Waals surface area contributed by atoms with E-state index in [2.05, 4.69) is 36.5 Å². The highest BCUT2D eigenvalue weighted by Crippen LogP contribution is 2.21. The third kappa shape index (κ3) is 1.74. The molecular weight excluding hydrogens is 160 g/mol. The second-order valence-corrected chi connectivity index (χ2v) is 3.84. The van der Waals surface area contributed by atoms with Gasteiger partial charge in [-0.1, -0.05) is 29.8 Å². The van der Waals surface area contributed by atoms with Crippen molar-refractivity contribution in [2.75, 3.05) is 13.1 Å². The summed E-state index contributed by atoms with van der Waals surface area (Å²) in [6, 6.07) is 8.96. The van der Waals surface area contributed by atoms with Crippen molar-refractivity contribution in [3.8, 4) is 0 Å². The Balaban J connectivity index is 2.20. The highest BCUT2D eigenvalue weighted by atomic mass is 15.0. The molecule has 0 aliphatic carbocycles. The smallest absolute Gasteiger partial charge is 0.0247 e. The summed E-state index contributed by atoms with van der Waals surface area (Å²) < 4.78 is 0. The molecule has 1 saturated heterocycles. The maximum atomic E-state index is 5.99. The zero-order valence-electron chi connectivity index (χ0n) is 7.96. The van der Waals surface area contributed by atoms with Crippen LogP contribution in [-0.4, -0.2) is 19.1 Å². The first-order chi connectivity index (χ1) is 6.27. The van der Waals surface area contributed by atoms with E-state index in [1.165, 1.54) is 11.1 Å². The number of nitrogens with one attached hydrogen (secondary N) is 1. The Kier molecular flexibility index (Phi) is 2.34. The van der Waals surface area contributed by atoms with E-state index in [1.54, 1.807) is 0 Å². The van der Waals surface area contributed by atoms with Crippen LogP contribution in [0.1, 0.15) is 17.0 Å². The van der Waals surface area contributed by atoms with Crippen LogP contribution in [0.3, 0.4) is 0 Å². The van der Waals surface area contributed by atoms with Crippen molar-refractivity contribution < 1.29 is 0 Å². The first-order valence-electron chi connectivity index (χ1n) is 4.80. The molecule has 1 heterocycles. The maximum Gasteiger partial charge on any atom is 0.0247 e. The molecule has 0 bridgehead atoms. The fourth-order valence-electron chi connectivity index (χ4n) is 1.88. The molecule has 1 aromatic carbocycles. The number of nitrogens with two attached hydrogens (primary N) is 1. The lowest BCUT2D eigenvalue weighted by atomic mass is 9.94. The molecule has 0 radical (unpaired) electrons. The number of hydrogen-bond acceptors (Lipinski definition) is 2. The number of aryl methyl sites for hydroxylation is 1. The van der Waals surface area contributed by atoms with Crippen molar-refractivity contribution >= 4 is 0 Å². The van der Waals surface area contributed by atoms with Crippen molar-refractivity contribution in [1.29, 1.82) is 0 Å². The van der Waals surface area contributed by atoms with Crippen molar-refractivity contribution in [3.05, 3.63) is 35.4 Å². The first kappa shape index (κ1) is 8.73. The van der Waals surface area contributed by atoms with E-state index in [0.717, 1.165) is 13.1 Å². The van der Waals surface area contributed by atoms with Gasteiger partial charge in [0.15, 0.2) is 0 Å². The van der Waals surface area contributed by atoms with E-state index in [1.807, 2.05) is 0 Å². The summed E-state index contributed by atoms with van der Waals surface area (Å²) in [5.41, 5.74) is 8.66. The monoisotopic (exact) mass is 176 g/mol. The Labute approximate surface area is 79.1 Å². The van der Waals surface area contributed by atoms with E-state index in [0.29, 0.717) is 5.92 Å². The van der Waals surface area contributed by atoms with E-state index in [4.69, 9.17) is 5.73 Å². The van der Waals surface area contributed by atoms with Crippen LogP contribution in [0.5, 0.6) is 0 Å². The standard InChI is InChI=1S/C11H16N2/c1-8-2-4-9(5-3-8)10-6-13-7-11(10)12/h2-5,10-11,13H,6-7,12H2,1H3/t10-,11+/m0/s1. The van der Waals surface area contributed by atoms with Gasteiger partial charge in [0.1, 0.15) is 0 Å². The third-order valence-corrected chi connectivity index (χ3v) is 2.77. The summed E-state index contributed by atoms with van der Waals surface area (Å²) in [6.45, 7) is 4.07. The number of benzene rings is 1. The van der Waals surface area contributed by atoms with Gasteiger partial charge in [-0.15, -0.1) is 0 Å². The minimum Gasteiger partial charge on any atom is -0.326 e. The first-order valence-corrected chi connectivity index (χ1v) is 4.80. The largest absolute Gasteiger partial charge is 0.326 e. The Bertz CT molecular complexity index is 279. The van der Waals surface area contributed by atoms with E-state index >= 15 is 0 Å². The lowest BCUT2D eigenvalue weighted by Gasteiger charge is -2.14. The van der Waals surface area contributed by atoms with Gasteiger partial charge in [0.05, 0.1) is 0 Å². The van der Waals surface area contributed by atoms with Gasteiger partial charge >= 0.3 is 0 Å². The van der Waals surface area contributed by atoms with Gasteiger partial charge in [-0.25, -0.2) is 0 Å². The predicted molar refractivity (Wildman–Crippen MR) is 54.8 cm³/mol. The molecule has 2 nitrogen and oxygen atoms in total. The maximum absolute atomic E-state index is 5.99. The highest BCUT2D eigenvalue weighted by Gasteiger charge is 2.24. The number of rotatable bonds is 1. The SMILES string of the molecule is Cc1ccc([C@@H]2CNC[C@H]2N)cc1. The van der Waals surface area contributed by atoms with Crippen molar-refractivity contribution in [2.45, 2.75) is 18.9 Å². The molecule has 1 aliphatic heterocycles. The van der Waals surface area contributed by atoms with Crippen molar-refractivity contribution in [3.63, 3.8) is 0 Å². The molecule has 1 aliphatic rings. The molecule has 2 heteroatoms. The van der Waals surface area contributed by atoms with Crippen LogP contribution < -0.4 is 11.1 Å². The molecule has 1 aromatic rings. The van der Waals surface area contributed by atoms with Crippen LogP contribution in [-0.2, 0) is 0 Å². The average Bonchev–Trinajstić information content (AvgIpc) is 2.53. The van der Waals surface area contributed by atoms with E-state index in [9.17, 15) is 0 Å². The van der Waals surface area contributed by atoms with Crippen LogP contribution in [0.4, 0.5) is 0 Å². The molecule has 0 aromatic heterocycles. The molecule has 1 fully saturated rings. The fourth-order valence-corrected chi connectivity index (χ4v) is 1.88. The van der Waals surface area contributed by atoms with Gasteiger partial charge in [-0.05, 0) is 12.5 Å². The lowest BCUT2D eigenvalue weighted by molar-refractivity contribution is 0.653. The molecule has 0 saturated carbocycles. The van der Waals surface area contributed by atoms with Gasteiger partial charge in [0.25, 0.3) is 0 Å². The zero-order chi connectivity index (χ0) is 9.26. The molecule has 0 unspecified atom stereocenters. The Morgan fingerprint density at radius 1 is 1.23 bits per heavy atom. The summed E-state index contributed by atoms with van der Waals surface area (Å²) >= 11 is 0. The Morgan fingerprint density at radius 2 is 1.92 bits per heavy atom. The van der Waals surface area contributed by atoms with E-state index < -0.39 is 0 Å². The van der Waals surface area contributed by atoms with Gasteiger partial charge < -0.3 is 11.1 Å². The summed E-state index contributed by atoms with van der Waals surface area (Å²) in [6.07, 6.45) is 0. The van der Waals surface area contributed by atoms with Crippen LogP contribution >= 0.6 is 0 Å². The van der Waals surface area contributed by atoms with Crippen molar-refractivity contribution in [1.82, 2.24) is 5.32 Å². The lowest BCUT2D eigenvalue weighted by Crippen LogP contribution is -2.27. The van der Waals surface area contributed by atoms with Crippen LogP contribution in [0, 0.1) is 6.92 Å². The summed E-state index contributed by atoms with van der Waals surface area (Å²) in [7, 11) is 0.